The van der Waals surface area contributed by atoms with E-state index in [4.69, 9.17) is 10.5 Å². The second-order valence-electron chi connectivity index (χ2n) is 7.10. The number of fused-ring (bicyclic) bond motifs is 8. The maximum atomic E-state index is 6.02. The van der Waals surface area contributed by atoms with Crippen LogP contribution in [0.5, 0.6) is 5.75 Å². The minimum atomic E-state index is -0.361. The van der Waals surface area contributed by atoms with Crippen LogP contribution in [-0.4, -0.2) is 26.2 Å². The number of rotatable bonds is 3. The summed E-state index contributed by atoms with van der Waals surface area (Å²) in [5, 5.41) is 0. The van der Waals surface area contributed by atoms with Crippen molar-refractivity contribution in [1.82, 2.24) is 19.9 Å². The smallest absolute Gasteiger partial charge is 0.147 e. The molecule has 144 valence electrons. The van der Waals surface area contributed by atoms with E-state index in [2.05, 4.69) is 19.9 Å². The minimum Gasteiger partial charge on any atom is -0.473 e. The molecule has 0 spiro atoms. The largest absolute Gasteiger partial charge is 0.473 e. The highest BCUT2D eigenvalue weighted by atomic mass is 16.5. The van der Waals surface area contributed by atoms with E-state index in [-0.39, 0.29) is 6.23 Å². The fraction of sp³-hybridized carbons (Fsp3) is 0.130. The van der Waals surface area contributed by atoms with Crippen LogP contribution in [-0.2, 0) is 0 Å². The highest BCUT2D eigenvalue weighted by Gasteiger charge is 2.08. The summed E-state index contributed by atoms with van der Waals surface area (Å²) in [6.45, 7) is 2.00. The Balaban J connectivity index is 1.78. The molecule has 29 heavy (non-hydrogen) atoms. The van der Waals surface area contributed by atoms with Crippen LogP contribution in [0.2, 0.25) is 0 Å². The van der Waals surface area contributed by atoms with Gasteiger partial charge in [-0.1, -0.05) is 6.92 Å². The number of H-pyrrole nitrogens is 2. The lowest BCUT2D eigenvalue weighted by Crippen LogP contribution is -2.25. The summed E-state index contributed by atoms with van der Waals surface area (Å²) in [5.74, 6) is 0.712. The first kappa shape index (κ1) is 17.5. The van der Waals surface area contributed by atoms with Crippen LogP contribution in [0, 0.1) is 0 Å². The maximum absolute atomic E-state index is 6.02. The number of nitrogens with one attached hydrogen (secondary N) is 2. The van der Waals surface area contributed by atoms with Gasteiger partial charge >= 0.3 is 0 Å². The zero-order chi connectivity index (χ0) is 19.8. The van der Waals surface area contributed by atoms with Crippen LogP contribution in [0.25, 0.3) is 46.4 Å². The molecule has 6 heteroatoms. The molecule has 0 saturated carbocycles. The van der Waals surface area contributed by atoms with Crippen LogP contribution in [0.4, 0.5) is 0 Å². The molecule has 1 atom stereocenters. The van der Waals surface area contributed by atoms with Crippen molar-refractivity contribution in [2.45, 2.75) is 19.6 Å². The lowest BCUT2D eigenvalue weighted by molar-refractivity contribution is 0.208. The molecule has 0 fully saturated rings. The SMILES string of the molecule is CCC(N)Oc1cc2cc3ccc(cc4nc(cc5nc(cc1[nH]2)C=C5)C=C4)[nH]3. The van der Waals surface area contributed by atoms with Crippen molar-refractivity contribution >= 4 is 46.4 Å². The number of ether oxygens (including phenoxy) is 1. The van der Waals surface area contributed by atoms with Crippen LogP contribution in [0.3, 0.4) is 0 Å². The molecule has 8 bridgehead atoms. The molecule has 0 aliphatic carbocycles. The molecule has 2 aliphatic rings. The molecule has 5 heterocycles. The standard InChI is InChI=1S/C23H21N5O/c1-2-23(24)29-22-13-20-11-18-6-5-16(26-18)9-14-3-4-15(25-14)10-17-7-8-19(27-17)12-21(22)28-20/h3-13,23,26,28H,2,24H2,1H3. The maximum Gasteiger partial charge on any atom is 0.147 e. The monoisotopic (exact) mass is 383 g/mol. The van der Waals surface area contributed by atoms with Crippen LogP contribution in [0.1, 0.15) is 36.1 Å². The second kappa shape index (κ2) is 7.07. The van der Waals surface area contributed by atoms with Crippen molar-refractivity contribution in [3.8, 4) is 5.75 Å². The van der Waals surface area contributed by atoms with Gasteiger partial charge in [0.05, 0.1) is 28.3 Å². The highest BCUT2D eigenvalue weighted by molar-refractivity contribution is 5.79. The van der Waals surface area contributed by atoms with Gasteiger partial charge in [0, 0.05) is 22.6 Å². The van der Waals surface area contributed by atoms with Gasteiger partial charge in [0.15, 0.2) is 0 Å². The summed E-state index contributed by atoms with van der Waals surface area (Å²) in [5.41, 5.74) is 13.2. The molecule has 0 aromatic carbocycles. The number of aromatic nitrogens is 4. The lowest BCUT2D eigenvalue weighted by atomic mass is 10.3. The average Bonchev–Trinajstić information content (AvgIpc) is 3.47. The predicted octanol–water partition coefficient (Wildman–Crippen LogP) is 4.73. The van der Waals surface area contributed by atoms with Gasteiger partial charge in [-0.05, 0) is 67.1 Å². The third kappa shape index (κ3) is 3.70. The van der Waals surface area contributed by atoms with E-state index in [9.17, 15) is 0 Å². The molecule has 1 unspecified atom stereocenters. The first-order valence-corrected chi connectivity index (χ1v) is 9.65. The van der Waals surface area contributed by atoms with Crippen molar-refractivity contribution in [2.24, 2.45) is 5.73 Å². The summed E-state index contributed by atoms with van der Waals surface area (Å²) >= 11 is 0. The third-order valence-corrected chi connectivity index (χ3v) is 4.81. The lowest BCUT2D eigenvalue weighted by Gasteiger charge is -2.10. The third-order valence-electron chi connectivity index (χ3n) is 4.81. The molecular weight excluding hydrogens is 362 g/mol. The van der Waals surface area contributed by atoms with E-state index in [1.807, 2.05) is 73.7 Å². The van der Waals surface area contributed by atoms with E-state index in [0.29, 0.717) is 5.75 Å². The predicted molar refractivity (Wildman–Crippen MR) is 118 cm³/mol. The van der Waals surface area contributed by atoms with E-state index in [0.717, 1.165) is 51.3 Å². The van der Waals surface area contributed by atoms with Crippen molar-refractivity contribution in [3.63, 3.8) is 0 Å². The van der Waals surface area contributed by atoms with Crippen molar-refractivity contribution in [1.29, 1.82) is 0 Å². The van der Waals surface area contributed by atoms with Gasteiger partial charge in [0.25, 0.3) is 0 Å². The first-order valence-electron chi connectivity index (χ1n) is 9.65. The summed E-state index contributed by atoms with van der Waals surface area (Å²) < 4.78 is 5.93. The Morgan fingerprint density at radius 2 is 1.41 bits per heavy atom. The molecule has 3 aromatic heterocycles. The number of nitrogens with zero attached hydrogens (tertiary/aromatic N) is 2. The number of hydrogen-bond donors (Lipinski definition) is 3. The minimum absolute atomic E-state index is 0.361. The van der Waals surface area contributed by atoms with E-state index < -0.39 is 0 Å². The molecule has 0 amide bonds. The zero-order valence-electron chi connectivity index (χ0n) is 16.0. The van der Waals surface area contributed by atoms with Gasteiger partial charge < -0.3 is 14.7 Å². The number of aromatic amines is 2. The van der Waals surface area contributed by atoms with Gasteiger partial charge in [-0.2, -0.15) is 0 Å². The quantitative estimate of drug-likeness (QED) is 0.393. The summed E-state index contributed by atoms with van der Waals surface area (Å²) in [6, 6.07) is 14.0. The van der Waals surface area contributed by atoms with Gasteiger partial charge in [-0.3, -0.25) is 5.73 Å². The Bertz CT molecular complexity index is 1300. The normalized spacial score (nSPS) is 13.6. The van der Waals surface area contributed by atoms with Crippen molar-refractivity contribution < 1.29 is 4.74 Å². The fourth-order valence-corrected chi connectivity index (χ4v) is 3.34. The van der Waals surface area contributed by atoms with E-state index in [1.165, 1.54) is 0 Å². The molecule has 4 N–H and O–H groups in total. The van der Waals surface area contributed by atoms with Gasteiger partial charge in [0.1, 0.15) is 12.0 Å². The fourth-order valence-electron chi connectivity index (χ4n) is 3.34. The Morgan fingerprint density at radius 3 is 2.10 bits per heavy atom. The van der Waals surface area contributed by atoms with Crippen molar-refractivity contribution in [2.75, 3.05) is 0 Å². The van der Waals surface area contributed by atoms with Crippen molar-refractivity contribution in [3.05, 3.63) is 65.2 Å². The first-order chi connectivity index (χ1) is 14.1. The Hall–Kier alpha value is -3.64. The molecular formula is C23H21N5O. The molecule has 3 aromatic rings. The Labute approximate surface area is 167 Å². The molecule has 5 rings (SSSR count). The van der Waals surface area contributed by atoms with E-state index in [1.54, 1.807) is 0 Å². The van der Waals surface area contributed by atoms with Gasteiger partial charge in [0.2, 0.25) is 0 Å². The van der Waals surface area contributed by atoms with Gasteiger partial charge in [-0.15, -0.1) is 0 Å². The average molecular weight is 383 g/mol. The Kier molecular flexibility index (Phi) is 4.26. The summed E-state index contributed by atoms with van der Waals surface area (Å²) in [4.78, 5) is 16.1. The topological polar surface area (TPSA) is 92.6 Å². The van der Waals surface area contributed by atoms with Crippen LogP contribution in [0.15, 0.2) is 42.5 Å². The molecule has 2 aliphatic heterocycles. The highest BCUT2D eigenvalue weighted by Crippen LogP contribution is 2.25. The molecule has 6 nitrogen and oxygen atoms in total. The summed E-state index contributed by atoms with van der Waals surface area (Å²) in [6.07, 6.45) is 8.31. The number of nitrogens with two attached hydrogens (primary N) is 1. The number of hydrogen-bond acceptors (Lipinski definition) is 4. The zero-order valence-corrected chi connectivity index (χ0v) is 16.0. The van der Waals surface area contributed by atoms with Crippen LogP contribution < -0.4 is 10.5 Å². The summed E-state index contributed by atoms with van der Waals surface area (Å²) in [7, 11) is 0. The van der Waals surface area contributed by atoms with E-state index >= 15 is 0 Å². The molecule has 0 saturated heterocycles. The Morgan fingerprint density at radius 1 is 0.793 bits per heavy atom. The van der Waals surface area contributed by atoms with Crippen LogP contribution >= 0.6 is 0 Å². The second-order valence-corrected chi connectivity index (χ2v) is 7.10. The molecule has 0 radical (unpaired) electrons. The van der Waals surface area contributed by atoms with Gasteiger partial charge in [-0.25, -0.2) is 9.97 Å².